The molecule has 0 spiro atoms. The lowest BCUT2D eigenvalue weighted by Crippen LogP contribution is -2.33. The van der Waals surface area contributed by atoms with Crippen molar-refractivity contribution in [3.8, 4) is 0 Å². The predicted octanol–water partition coefficient (Wildman–Crippen LogP) is 4.23. The van der Waals surface area contributed by atoms with Crippen molar-refractivity contribution in [2.75, 3.05) is 19.4 Å². The average Bonchev–Trinajstić information content (AvgIpc) is 2.61. The minimum atomic E-state index is -0.233. The number of hydrogen-bond donors (Lipinski definition) is 2. The van der Waals surface area contributed by atoms with Crippen LogP contribution in [0.15, 0.2) is 42.5 Å². The Morgan fingerprint density at radius 1 is 1.16 bits per heavy atom. The molecule has 0 fully saturated rings. The first-order chi connectivity index (χ1) is 11.8. The van der Waals surface area contributed by atoms with Crippen LogP contribution in [0.5, 0.6) is 0 Å². The fourth-order valence-corrected chi connectivity index (χ4v) is 2.66. The highest BCUT2D eigenvalue weighted by Crippen LogP contribution is 2.23. The molecule has 3 amide bonds. The Hall–Kier alpha value is -2.53. The fraction of sp³-hybridized carbons (Fsp3) is 0.263. The number of rotatable bonds is 4. The van der Waals surface area contributed by atoms with Crippen LogP contribution >= 0.6 is 11.6 Å². The van der Waals surface area contributed by atoms with Gasteiger partial charge in [0.1, 0.15) is 0 Å². The Morgan fingerprint density at radius 2 is 1.88 bits per heavy atom. The molecule has 0 heterocycles. The first kappa shape index (κ1) is 18.8. The molecular weight excluding hydrogens is 338 g/mol. The van der Waals surface area contributed by atoms with Crippen LogP contribution in [0.1, 0.15) is 34.5 Å². The summed E-state index contributed by atoms with van der Waals surface area (Å²) in [5.74, 6) is -0.160. The van der Waals surface area contributed by atoms with E-state index >= 15 is 0 Å². The van der Waals surface area contributed by atoms with E-state index in [9.17, 15) is 9.59 Å². The summed E-state index contributed by atoms with van der Waals surface area (Å²) in [6.45, 7) is 3.79. The van der Waals surface area contributed by atoms with Crippen molar-refractivity contribution in [1.29, 1.82) is 0 Å². The summed E-state index contributed by atoms with van der Waals surface area (Å²) in [6, 6.07) is 12.2. The lowest BCUT2D eigenvalue weighted by atomic mass is 10.1. The molecular formula is C19H22ClN3O2. The van der Waals surface area contributed by atoms with Crippen molar-refractivity contribution in [3.63, 3.8) is 0 Å². The molecule has 0 aliphatic rings. The standard InChI is InChI=1S/C19H22ClN3O2/c1-12-10-15(18(24)21-3)8-9-17(12)22-19(25)23(4)13(2)14-6-5-7-16(20)11-14/h5-11,13H,1-4H3,(H,21,24)(H,22,25)/t13-/m0/s1. The zero-order chi connectivity index (χ0) is 18.6. The number of carbonyl (C=O) groups is 2. The molecule has 0 aliphatic heterocycles. The Bertz CT molecular complexity index is 792. The highest BCUT2D eigenvalue weighted by atomic mass is 35.5. The number of benzene rings is 2. The molecule has 0 aromatic heterocycles. The number of nitrogens with zero attached hydrogens (tertiary/aromatic N) is 1. The molecule has 1 atom stereocenters. The van der Waals surface area contributed by atoms with Gasteiger partial charge in [0, 0.05) is 30.4 Å². The average molecular weight is 360 g/mol. The van der Waals surface area contributed by atoms with Gasteiger partial charge in [-0.3, -0.25) is 4.79 Å². The van der Waals surface area contributed by atoms with Gasteiger partial charge in [0.25, 0.3) is 5.91 Å². The third kappa shape index (κ3) is 4.51. The van der Waals surface area contributed by atoms with Gasteiger partial charge >= 0.3 is 6.03 Å². The maximum atomic E-state index is 12.5. The number of halogens is 1. The van der Waals surface area contributed by atoms with Crippen molar-refractivity contribution < 1.29 is 9.59 Å². The molecule has 0 bridgehead atoms. The smallest absolute Gasteiger partial charge is 0.322 e. The van der Waals surface area contributed by atoms with Gasteiger partial charge < -0.3 is 15.5 Å². The van der Waals surface area contributed by atoms with Gasteiger partial charge in [0.15, 0.2) is 0 Å². The number of amides is 3. The number of hydrogen-bond acceptors (Lipinski definition) is 2. The second-order valence-electron chi connectivity index (χ2n) is 5.88. The van der Waals surface area contributed by atoms with Gasteiger partial charge in [0.05, 0.1) is 6.04 Å². The molecule has 0 unspecified atom stereocenters. The number of carbonyl (C=O) groups excluding carboxylic acids is 2. The van der Waals surface area contributed by atoms with Crippen LogP contribution in [0.2, 0.25) is 5.02 Å². The quantitative estimate of drug-likeness (QED) is 0.858. The van der Waals surface area contributed by atoms with Gasteiger partial charge in [0.2, 0.25) is 0 Å². The van der Waals surface area contributed by atoms with Crippen LogP contribution < -0.4 is 10.6 Å². The molecule has 6 heteroatoms. The summed E-state index contributed by atoms with van der Waals surface area (Å²) in [5.41, 5.74) is 3.00. The van der Waals surface area contributed by atoms with E-state index in [-0.39, 0.29) is 18.0 Å². The largest absolute Gasteiger partial charge is 0.355 e. The number of anilines is 1. The Balaban J connectivity index is 2.12. The third-order valence-corrected chi connectivity index (χ3v) is 4.42. The minimum Gasteiger partial charge on any atom is -0.355 e. The van der Waals surface area contributed by atoms with Crippen molar-refractivity contribution >= 4 is 29.2 Å². The lowest BCUT2D eigenvalue weighted by molar-refractivity contribution is 0.0963. The topological polar surface area (TPSA) is 61.4 Å². The first-order valence-corrected chi connectivity index (χ1v) is 8.33. The fourth-order valence-electron chi connectivity index (χ4n) is 2.46. The molecule has 2 rings (SSSR count). The third-order valence-electron chi connectivity index (χ3n) is 4.19. The molecule has 132 valence electrons. The molecule has 0 radical (unpaired) electrons. The summed E-state index contributed by atoms with van der Waals surface area (Å²) < 4.78 is 0. The van der Waals surface area contributed by atoms with Gasteiger partial charge in [-0.2, -0.15) is 0 Å². The zero-order valence-electron chi connectivity index (χ0n) is 14.8. The molecule has 0 saturated carbocycles. The monoisotopic (exact) mass is 359 g/mol. The van der Waals surface area contributed by atoms with Crippen LogP contribution in [0, 0.1) is 6.92 Å². The second-order valence-corrected chi connectivity index (χ2v) is 6.32. The Kier molecular flexibility index (Phi) is 6.04. The van der Waals surface area contributed by atoms with Crippen LogP contribution in [0.3, 0.4) is 0 Å². The first-order valence-electron chi connectivity index (χ1n) is 7.95. The second kappa shape index (κ2) is 8.03. The maximum absolute atomic E-state index is 12.5. The van der Waals surface area contributed by atoms with Crippen molar-refractivity contribution in [1.82, 2.24) is 10.2 Å². The minimum absolute atomic E-state index is 0.135. The zero-order valence-corrected chi connectivity index (χ0v) is 15.5. The Morgan fingerprint density at radius 3 is 2.48 bits per heavy atom. The maximum Gasteiger partial charge on any atom is 0.322 e. The van der Waals surface area contributed by atoms with Crippen LogP contribution in [0.4, 0.5) is 10.5 Å². The molecule has 2 aromatic rings. The van der Waals surface area contributed by atoms with Crippen LogP contribution in [0.25, 0.3) is 0 Å². The number of aryl methyl sites for hydroxylation is 1. The summed E-state index contributed by atoms with van der Waals surface area (Å²) >= 11 is 6.02. The molecule has 0 aliphatic carbocycles. The Labute approximate surface area is 153 Å². The van der Waals surface area contributed by atoms with E-state index in [1.54, 1.807) is 43.3 Å². The molecule has 5 nitrogen and oxygen atoms in total. The number of nitrogens with one attached hydrogen (secondary N) is 2. The highest BCUT2D eigenvalue weighted by molar-refractivity contribution is 6.30. The van der Waals surface area contributed by atoms with Gasteiger partial charge in [-0.25, -0.2) is 4.79 Å². The van der Waals surface area contributed by atoms with E-state index in [1.165, 1.54) is 0 Å². The highest BCUT2D eigenvalue weighted by Gasteiger charge is 2.18. The number of urea groups is 1. The van der Waals surface area contributed by atoms with Crippen molar-refractivity contribution in [2.24, 2.45) is 0 Å². The van der Waals surface area contributed by atoms with Crippen LogP contribution in [-0.4, -0.2) is 30.9 Å². The summed E-state index contributed by atoms with van der Waals surface area (Å²) in [6.07, 6.45) is 0. The van der Waals surface area contributed by atoms with E-state index in [4.69, 9.17) is 11.6 Å². The molecule has 2 N–H and O–H groups in total. The SMILES string of the molecule is CNC(=O)c1ccc(NC(=O)N(C)[C@@H](C)c2cccc(Cl)c2)c(C)c1. The molecule has 25 heavy (non-hydrogen) atoms. The molecule has 2 aromatic carbocycles. The summed E-state index contributed by atoms with van der Waals surface area (Å²) in [4.78, 5) is 25.8. The summed E-state index contributed by atoms with van der Waals surface area (Å²) in [5, 5.41) is 6.10. The van der Waals surface area contributed by atoms with Gasteiger partial charge in [-0.05, 0) is 55.3 Å². The predicted molar refractivity (Wildman–Crippen MR) is 101 cm³/mol. The summed E-state index contributed by atoms with van der Waals surface area (Å²) in [7, 11) is 3.31. The van der Waals surface area contributed by atoms with E-state index in [2.05, 4.69) is 10.6 Å². The van der Waals surface area contributed by atoms with E-state index in [1.807, 2.05) is 32.0 Å². The van der Waals surface area contributed by atoms with Crippen LogP contribution in [-0.2, 0) is 0 Å². The molecule has 0 saturated heterocycles. The van der Waals surface area contributed by atoms with Crippen molar-refractivity contribution in [2.45, 2.75) is 19.9 Å². The van der Waals surface area contributed by atoms with Gasteiger partial charge in [-0.1, -0.05) is 23.7 Å². The van der Waals surface area contributed by atoms with E-state index in [0.29, 0.717) is 16.3 Å². The van der Waals surface area contributed by atoms with Crippen molar-refractivity contribution in [3.05, 3.63) is 64.2 Å². The van der Waals surface area contributed by atoms with Gasteiger partial charge in [-0.15, -0.1) is 0 Å². The normalized spacial score (nSPS) is 11.6. The lowest BCUT2D eigenvalue weighted by Gasteiger charge is -2.26. The van der Waals surface area contributed by atoms with E-state index < -0.39 is 0 Å². The van der Waals surface area contributed by atoms with E-state index in [0.717, 1.165) is 11.1 Å².